The quantitative estimate of drug-likeness (QED) is 0.800. The third-order valence-corrected chi connectivity index (χ3v) is 4.23. The second kappa shape index (κ2) is 7.59. The number of methoxy groups -OCH3 is 1. The number of aliphatic hydroxyl groups is 1. The minimum Gasteiger partial charge on any atom is -0.490 e. The van der Waals surface area contributed by atoms with Crippen LogP contribution >= 0.6 is 0 Å². The van der Waals surface area contributed by atoms with Gasteiger partial charge in [0, 0.05) is 30.9 Å². The first-order chi connectivity index (χ1) is 11.2. The van der Waals surface area contributed by atoms with Crippen molar-refractivity contribution in [1.82, 2.24) is 0 Å². The number of benzene rings is 1. The van der Waals surface area contributed by atoms with Gasteiger partial charge in [-0.15, -0.1) is 0 Å². The van der Waals surface area contributed by atoms with Gasteiger partial charge in [-0.2, -0.15) is 0 Å². The van der Waals surface area contributed by atoms with E-state index in [-0.39, 0.29) is 23.0 Å². The molecule has 3 nitrogen and oxygen atoms in total. The first-order valence-electron chi connectivity index (χ1n) is 8.66. The maximum atomic E-state index is 9.29. The Bertz CT molecular complexity index is 584. The summed E-state index contributed by atoms with van der Waals surface area (Å²) in [4.78, 5) is 0. The Morgan fingerprint density at radius 1 is 1.12 bits per heavy atom. The Balaban J connectivity index is 1.94. The summed E-state index contributed by atoms with van der Waals surface area (Å²) in [6.45, 7) is 9.51. The molecule has 0 bridgehead atoms. The van der Waals surface area contributed by atoms with Gasteiger partial charge in [0.1, 0.15) is 11.9 Å². The maximum Gasteiger partial charge on any atom is 0.119 e. The van der Waals surface area contributed by atoms with Gasteiger partial charge in [0.2, 0.25) is 0 Å². The van der Waals surface area contributed by atoms with E-state index in [1.54, 1.807) is 7.11 Å². The molecular weight excluding hydrogens is 300 g/mol. The molecule has 0 heterocycles. The van der Waals surface area contributed by atoms with Crippen molar-refractivity contribution in [3.63, 3.8) is 0 Å². The van der Waals surface area contributed by atoms with Crippen LogP contribution in [0.4, 0.5) is 0 Å². The van der Waals surface area contributed by atoms with Crippen LogP contribution in [0.1, 0.15) is 52.5 Å². The van der Waals surface area contributed by atoms with Crippen molar-refractivity contribution in [3.8, 4) is 17.6 Å². The third-order valence-electron chi connectivity index (χ3n) is 4.23. The lowest BCUT2D eigenvalue weighted by Crippen LogP contribution is -2.37. The van der Waals surface area contributed by atoms with Gasteiger partial charge in [-0.25, -0.2) is 0 Å². The van der Waals surface area contributed by atoms with Crippen molar-refractivity contribution in [2.45, 2.75) is 59.2 Å². The Morgan fingerprint density at radius 3 is 2.29 bits per heavy atom. The van der Waals surface area contributed by atoms with E-state index in [0.717, 1.165) is 37.2 Å². The molecule has 1 N–H and O–H groups in total. The molecular formula is C21H30O3. The van der Waals surface area contributed by atoms with Crippen molar-refractivity contribution in [1.29, 1.82) is 0 Å². The number of rotatable bonds is 6. The van der Waals surface area contributed by atoms with Crippen molar-refractivity contribution >= 4 is 0 Å². The molecule has 0 aromatic heterocycles. The highest BCUT2D eigenvalue weighted by atomic mass is 16.5. The predicted octanol–water partition coefficient (Wildman–Crippen LogP) is 4.03. The molecule has 1 fully saturated rings. The first kappa shape index (κ1) is 18.8. The molecule has 2 rings (SSSR count). The lowest BCUT2D eigenvalue weighted by atomic mass is 9.76. The highest BCUT2D eigenvalue weighted by molar-refractivity contribution is 5.39. The summed E-state index contributed by atoms with van der Waals surface area (Å²) in [5, 5.41) is 9.29. The average Bonchev–Trinajstić information content (AvgIpc) is 2.43. The number of hydrogen-bond donors (Lipinski definition) is 1. The molecule has 0 unspecified atom stereocenters. The van der Waals surface area contributed by atoms with Crippen LogP contribution in [0.2, 0.25) is 0 Å². The lowest BCUT2D eigenvalue weighted by molar-refractivity contribution is -0.0107. The van der Waals surface area contributed by atoms with Crippen LogP contribution in [0.15, 0.2) is 24.3 Å². The van der Waals surface area contributed by atoms with E-state index < -0.39 is 0 Å². The smallest absolute Gasteiger partial charge is 0.119 e. The van der Waals surface area contributed by atoms with Gasteiger partial charge in [0.25, 0.3) is 0 Å². The zero-order valence-corrected chi connectivity index (χ0v) is 15.6. The Morgan fingerprint density at radius 2 is 1.75 bits per heavy atom. The topological polar surface area (TPSA) is 38.7 Å². The zero-order valence-electron chi connectivity index (χ0n) is 15.6. The summed E-state index contributed by atoms with van der Waals surface area (Å²) in [6, 6.07) is 7.90. The molecule has 1 saturated carbocycles. The minimum absolute atomic E-state index is 0.0702. The monoisotopic (exact) mass is 330 g/mol. The highest BCUT2D eigenvalue weighted by Gasteiger charge is 2.29. The molecule has 24 heavy (non-hydrogen) atoms. The third kappa shape index (κ3) is 5.85. The largest absolute Gasteiger partial charge is 0.490 e. The molecule has 1 aliphatic carbocycles. The van der Waals surface area contributed by atoms with E-state index in [2.05, 4.69) is 39.5 Å². The number of ether oxygens (including phenoxy) is 2. The fraction of sp³-hybridized carbons (Fsp3) is 0.619. The SMILES string of the molecule is COCC(C)(C)CC(C)(C)C#Cc1ccc(OC2CC(O)C2)cc1. The fourth-order valence-corrected chi connectivity index (χ4v) is 3.37. The van der Waals surface area contributed by atoms with Crippen LogP contribution in [-0.2, 0) is 4.74 Å². The van der Waals surface area contributed by atoms with E-state index in [4.69, 9.17) is 9.47 Å². The molecule has 1 aromatic rings. The highest BCUT2D eigenvalue weighted by Crippen LogP contribution is 2.33. The van der Waals surface area contributed by atoms with Crippen LogP contribution in [0.25, 0.3) is 0 Å². The van der Waals surface area contributed by atoms with Crippen molar-refractivity contribution in [3.05, 3.63) is 29.8 Å². The van der Waals surface area contributed by atoms with E-state index >= 15 is 0 Å². The molecule has 0 radical (unpaired) electrons. The Labute approximate surface area is 146 Å². The predicted molar refractivity (Wildman–Crippen MR) is 97.0 cm³/mol. The Kier molecular flexibility index (Phi) is 5.96. The van der Waals surface area contributed by atoms with Crippen LogP contribution in [0, 0.1) is 22.7 Å². The van der Waals surface area contributed by atoms with Crippen LogP contribution < -0.4 is 4.74 Å². The summed E-state index contributed by atoms with van der Waals surface area (Å²) in [5.41, 5.74) is 1.03. The summed E-state index contributed by atoms with van der Waals surface area (Å²) in [5.74, 6) is 7.52. The molecule has 0 spiro atoms. The van der Waals surface area contributed by atoms with Crippen LogP contribution in [0.3, 0.4) is 0 Å². The van der Waals surface area contributed by atoms with Crippen molar-refractivity contribution in [2.75, 3.05) is 13.7 Å². The van der Waals surface area contributed by atoms with E-state index in [9.17, 15) is 5.11 Å². The van der Waals surface area contributed by atoms with Crippen molar-refractivity contribution in [2.24, 2.45) is 10.8 Å². The lowest BCUT2D eigenvalue weighted by Gasteiger charge is -2.31. The summed E-state index contributed by atoms with van der Waals surface area (Å²) in [7, 11) is 1.74. The van der Waals surface area contributed by atoms with Crippen LogP contribution in [0.5, 0.6) is 5.75 Å². The summed E-state index contributed by atoms with van der Waals surface area (Å²) < 4.78 is 11.1. The normalized spacial score (nSPS) is 20.8. The molecule has 0 atom stereocenters. The van der Waals surface area contributed by atoms with Gasteiger partial charge in [-0.1, -0.05) is 25.7 Å². The minimum atomic E-state index is -0.190. The maximum absolute atomic E-state index is 9.29. The first-order valence-corrected chi connectivity index (χ1v) is 8.66. The molecule has 3 heteroatoms. The standard InChI is InChI=1S/C21H30O3/c1-20(2,14-21(3,4)15-23-5)11-10-16-6-8-18(9-7-16)24-19-12-17(22)13-19/h6-9,17,19,22H,12-15H2,1-5H3. The van der Waals surface area contributed by atoms with E-state index in [0.29, 0.717) is 0 Å². The summed E-state index contributed by atoms with van der Waals surface area (Å²) >= 11 is 0. The van der Waals surface area contributed by atoms with Gasteiger partial charge < -0.3 is 14.6 Å². The van der Waals surface area contributed by atoms with Gasteiger partial charge >= 0.3 is 0 Å². The number of aliphatic hydroxyl groups excluding tert-OH is 1. The average molecular weight is 330 g/mol. The van der Waals surface area contributed by atoms with Gasteiger partial charge in [0.05, 0.1) is 12.7 Å². The molecule has 1 aliphatic rings. The second-order valence-corrected chi connectivity index (χ2v) is 8.30. The fourth-order valence-electron chi connectivity index (χ4n) is 3.37. The zero-order chi connectivity index (χ0) is 17.8. The second-order valence-electron chi connectivity index (χ2n) is 8.30. The molecule has 0 saturated heterocycles. The van der Waals surface area contributed by atoms with Gasteiger partial charge in [-0.05, 0) is 49.9 Å². The van der Waals surface area contributed by atoms with Crippen LogP contribution in [-0.4, -0.2) is 31.0 Å². The number of hydrogen-bond acceptors (Lipinski definition) is 3. The molecule has 1 aromatic carbocycles. The molecule has 0 aliphatic heterocycles. The molecule has 132 valence electrons. The van der Waals surface area contributed by atoms with Gasteiger partial charge in [-0.3, -0.25) is 0 Å². The van der Waals surface area contributed by atoms with Gasteiger partial charge in [0.15, 0.2) is 0 Å². The van der Waals surface area contributed by atoms with Crippen molar-refractivity contribution < 1.29 is 14.6 Å². The van der Waals surface area contributed by atoms with E-state index in [1.165, 1.54) is 0 Å². The molecule has 0 amide bonds. The summed E-state index contributed by atoms with van der Waals surface area (Å²) in [6.07, 6.45) is 2.40. The Hall–Kier alpha value is -1.50. The van der Waals surface area contributed by atoms with E-state index in [1.807, 2.05) is 24.3 Å².